The van der Waals surface area contributed by atoms with Gasteiger partial charge in [0.1, 0.15) is 17.6 Å². The highest BCUT2D eigenvalue weighted by Crippen LogP contribution is 2.39. The molecule has 0 amide bonds. The van der Waals surface area contributed by atoms with E-state index in [1.807, 2.05) is 12.1 Å². The number of aromatic nitrogens is 3. The highest BCUT2D eigenvalue weighted by Gasteiger charge is 2.32. The molecule has 0 fully saturated rings. The summed E-state index contributed by atoms with van der Waals surface area (Å²) in [5.74, 6) is 1.95. The van der Waals surface area contributed by atoms with E-state index in [9.17, 15) is 0 Å². The number of rotatable bonds is 5. The third kappa shape index (κ3) is 3.33. The number of nitrogens with one attached hydrogen (secondary N) is 1. The number of ether oxygens (including phenoxy) is 1. The second-order valence-electron chi connectivity index (χ2n) is 8.95. The van der Waals surface area contributed by atoms with Crippen molar-refractivity contribution in [1.82, 2.24) is 15.0 Å². The largest absolute Gasteiger partial charge is 0.467 e. The van der Waals surface area contributed by atoms with Crippen molar-refractivity contribution < 1.29 is 13.6 Å². The molecule has 0 atom stereocenters. The fourth-order valence-electron chi connectivity index (χ4n) is 4.14. The van der Waals surface area contributed by atoms with E-state index in [1.165, 1.54) is 11.1 Å². The summed E-state index contributed by atoms with van der Waals surface area (Å²) in [4.78, 5) is 13.9. The Labute approximate surface area is 174 Å². The first-order valence-corrected chi connectivity index (χ1v) is 10.4. The van der Waals surface area contributed by atoms with Gasteiger partial charge in [-0.2, -0.15) is 0 Å². The van der Waals surface area contributed by atoms with Crippen molar-refractivity contribution in [3.8, 4) is 0 Å². The average Bonchev–Trinajstić information content (AvgIpc) is 3.32. The van der Waals surface area contributed by atoms with E-state index in [0.29, 0.717) is 36.2 Å². The Morgan fingerprint density at radius 3 is 2.83 bits per heavy atom. The highest BCUT2D eigenvalue weighted by atomic mass is 16.5. The number of furan rings is 2. The van der Waals surface area contributed by atoms with Gasteiger partial charge in [0, 0.05) is 12.0 Å². The van der Waals surface area contributed by atoms with E-state index in [-0.39, 0.29) is 5.60 Å². The number of hydrogen-bond acceptors (Lipinski definition) is 7. The van der Waals surface area contributed by atoms with Crippen LogP contribution >= 0.6 is 0 Å². The summed E-state index contributed by atoms with van der Waals surface area (Å²) in [6.45, 7) is 9.73. The molecule has 1 aliphatic rings. The van der Waals surface area contributed by atoms with Gasteiger partial charge in [0.05, 0.1) is 36.1 Å². The molecule has 5 heterocycles. The molecule has 5 rings (SSSR count). The molecule has 0 aromatic carbocycles. The van der Waals surface area contributed by atoms with Crippen LogP contribution in [-0.4, -0.2) is 20.6 Å². The van der Waals surface area contributed by atoms with Crippen LogP contribution in [0.1, 0.15) is 50.3 Å². The van der Waals surface area contributed by atoms with Crippen molar-refractivity contribution in [2.75, 3.05) is 5.32 Å². The first-order valence-electron chi connectivity index (χ1n) is 10.4. The SMILES string of the molecule is CC(C)Cc1nc2oc3c(NCc4ccco4)ncnc3c2c2c1COC(C)(C)C2. The minimum Gasteiger partial charge on any atom is -0.467 e. The standard InChI is InChI=1S/C23H26N4O3/c1-13(2)8-17-16-11-29-23(3,4)9-15(16)18-19-20(30-22(18)27-17)21(26-12-25-19)24-10-14-6-5-7-28-14/h5-7,12-13H,8-11H2,1-4H3,(H,24,25,26). The zero-order valence-corrected chi connectivity index (χ0v) is 17.8. The van der Waals surface area contributed by atoms with E-state index in [0.717, 1.165) is 35.2 Å². The van der Waals surface area contributed by atoms with Crippen LogP contribution in [0.3, 0.4) is 0 Å². The summed E-state index contributed by atoms with van der Waals surface area (Å²) in [5, 5.41) is 4.28. The topological polar surface area (TPSA) is 86.2 Å². The van der Waals surface area contributed by atoms with Crippen molar-refractivity contribution in [1.29, 1.82) is 0 Å². The fraction of sp³-hybridized carbons (Fsp3) is 0.435. The zero-order chi connectivity index (χ0) is 20.9. The molecule has 0 spiro atoms. The zero-order valence-electron chi connectivity index (χ0n) is 17.8. The Kier molecular flexibility index (Phi) is 4.50. The van der Waals surface area contributed by atoms with Crippen LogP contribution in [0.15, 0.2) is 33.6 Å². The molecule has 0 saturated carbocycles. The summed E-state index contributed by atoms with van der Waals surface area (Å²) < 4.78 is 17.8. The van der Waals surface area contributed by atoms with Gasteiger partial charge in [-0.15, -0.1) is 0 Å². The van der Waals surface area contributed by atoms with E-state index >= 15 is 0 Å². The second-order valence-corrected chi connectivity index (χ2v) is 8.95. The Bertz CT molecular complexity index is 1210. The summed E-state index contributed by atoms with van der Waals surface area (Å²) in [5.41, 5.74) is 5.27. The molecule has 0 aliphatic carbocycles. The first kappa shape index (κ1) is 19.1. The summed E-state index contributed by atoms with van der Waals surface area (Å²) in [6, 6.07) is 3.78. The Morgan fingerprint density at radius 1 is 1.20 bits per heavy atom. The van der Waals surface area contributed by atoms with Crippen LogP contribution in [0, 0.1) is 5.92 Å². The van der Waals surface area contributed by atoms with Crippen molar-refractivity contribution in [2.45, 2.75) is 59.3 Å². The predicted molar refractivity (Wildman–Crippen MR) is 114 cm³/mol. The van der Waals surface area contributed by atoms with Crippen LogP contribution in [0.5, 0.6) is 0 Å². The maximum Gasteiger partial charge on any atom is 0.229 e. The number of anilines is 1. The Morgan fingerprint density at radius 2 is 2.07 bits per heavy atom. The molecule has 0 saturated heterocycles. The van der Waals surface area contributed by atoms with Gasteiger partial charge in [-0.05, 0) is 43.9 Å². The van der Waals surface area contributed by atoms with Gasteiger partial charge in [0.25, 0.3) is 0 Å². The number of nitrogens with zero attached hydrogens (tertiary/aromatic N) is 3. The lowest BCUT2D eigenvalue weighted by atomic mass is 9.88. The molecule has 0 bridgehead atoms. The number of hydrogen-bond donors (Lipinski definition) is 1. The molecule has 7 nitrogen and oxygen atoms in total. The summed E-state index contributed by atoms with van der Waals surface area (Å²) in [7, 11) is 0. The van der Waals surface area contributed by atoms with Crippen LogP contribution < -0.4 is 5.32 Å². The lowest BCUT2D eigenvalue weighted by Crippen LogP contribution is -2.33. The van der Waals surface area contributed by atoms with Gasteiger partial charge >= 0.3 is 0 Å². The van der Waals surface area contributed by atoms with Crippen molar-refractivity contribution in [3.63, 3.8) is 0 Å². The molecular formula is C23H26N4O3. The first-order chi connectivity index (χ1) is 14.4. The monoisotopic (exact) mass is 406 g/mol. The lowest BCUT2D eigenvalue weighted by Gasteiger charge is -2.33. The lowest BCUT2D eigenvalue weighted by molar-refractivity contribution is -0.0402. The van der Waals surface area contributed by atoms with E-state index in [2.05, 4.69) is 43.0 Å². The fourth-order valence-corrected chi connectivity index (χ4v) is 4.14. The molecule has 1 N–H and O–H groups in total. The van der Waals surface area contributed by atoms with Gasteiger partial charge in [-0.3, -0.25) is 0 Å². The molecule has 1 aliphatic heterocycles. The molecule has 0 radical (unpaired) electrons. The summed E-state index contributed by atoms with van der Waals surface area (Å²) >= 11 is 0. The smallest absolute Gasteiger partial charge is 0.229 e. The third-order valence-electron chi connectivity index (χ3n) is 5.53. The van der Waals surface area contributed by atoms with Crippen LogP contribution in [-0.2, 0) is 30.7 Å². The van der Waals surface area contributed by atoms with E-state index < -0.39 is 0 Å². The average molecular weight is 406 g/mol. The minimum atomic E-state index is -0.243. The van der Waals surface area contributed by atoms with Crippen LogP contribution in [0.4, 0.5) is 5.82 Å². The number of fused-ring (bicyclic) bond motifs is 5. The van der Waals surface area contributed by atoms with Gasteiger partial charge in [0.2, 0.25) is 5.71 Å². The molecule has 156 valence electrons. The molecular weight excluding hydrogens is 380 g/mol. The maximum atomic E-state index is 6.24. The molecule has 4 aromatic rings. The van der Waals surface area contributed by atoms with Gasteiger partial charge in [-0.25, -0.2) is 15.0 Å². The quantitative estimate of drug-likeness (QED) is 0.498. The van der Waals surface area contributed by atoms with Crippen LogP contribution in [0.2, 0.25) is 0 Å². The Balaban J connectivity index is 1.68. The van der Waals surface area contributed by atoms with E-state index in [1.54, 1.807) is 12.6 Å². The van der Waals surface area contributed by atoms with Gasteiger partial charge in [-0.1, -0.05) is 13.8 Å². The molecule has 0 unspecified atom stereocenters. The van der Waals surface area contributed by atoms with Crippen molar-refractivity contribution in [3.05, 3.63) is 47.3 Å². The molecule has 4 aromatic heterocycles. The number of pyridine rings is 1. The van der Waals surface area contributed by atoms with Crippen molar-refractivity contribution in [2.24, 2.45) is 5.92 Å². The van der Waals surface area contributed by atoms with Crippen molar-refractivity contribution >= 4 is 28.0 Å². The maximum absolute atomic E-state index is 6.24. The molecule has 7 heteroatoms. The van der Waals surface area contributed by atoms with Gasteiger partial charge < -0.3 is 18.9 Å². The van der Waals surface area contributed by atoms with Crippen LogP contribution in [0.25, 0.3) is 22.2 Å². The highest BCUT2D eigenvalue weighted by molar-refractivity contribution is 6.06. The second kappa shape index (κ2) is 7.09. The van der Waals surface area contributed by atoms with Gasteiger partial charge in [0.15, 0.2) is 11.4 Å². The third-order valence-corrected chi connectivity index (χ3v) is 5.53. The van der Waals surface area contributed by atoms with E-state index in [4.69, 9.17) is 18.6 Å². The minimum absolute atomic E-state index is 0.243. The molecule has 30 heavy (non-hydrogen) atoms. The normalized spacial score (nSPS) is 15.8. The summed E-state index contributed by atoms with van der Waals surface area (Å²) in [6.07, 6.45) is 4.90. The Hall–Kier alpha value is -2.93. The predicted octanol–water partition coefficient (Wildman–Crippen LogP) is 5.03.